The van der Waals surface area contributed by atoms with E-state index in [1.807, 2.05) is 0 Å². The van der Waals surface area contributed by atoms with Crippen molar-refractivity contribution in [2.45, 2.75) is 31.0 Å². The van der Waals surface area contributed by atoms with Gasteiger partial charge in [-0.25, -0.2) is 9.37 Å². The lowest BCUT2D eigenvalue weighted by Crippen LogP contribution is -2.52. The maximum atomic E-state index is 13.4. The van der Waals surface area contributed by atoms with E-state index in [2.05, 4.69) is 10.3 Å². The fraction of sp³-hybridized carbons (Fsp3) is 0.500. The number of fused-ring (bicyclic) bond motifs is 2. The van der Waals surface area contributed by atoms with Crippen molar-refractivity contribution >= 4 is 23.2 Å². The van der Waals surface area contributed by atoms with Crippen molar-refractivity contribution in [2.24, 2.45) is 18.9 Å². The van der Waals surface area contributed by atoms with Gasteiger partial charge in [-0.3, -0.25) is 4.79 Å². The molecule has 0 radical (unpaired) electrons. The summed E-state index contributed by atoms with van der Waals surface area (Å²) in [6.45, 7) is 1.32. The van der Waals surface area contributed by atoms with Gasteiger partial charge in [0, 0.05) is 31.0 Å². The lowest BCUT2D eigenvalue weighted by Gasteiger charge is -2.47. The van der Waals surface area contributed by atoms with Crippen LogP contribution in [0.15, 0.2) is 24.5 Å². The summed E-state index contributed by atoms with van der Waals surface area (Å²) in [5, 5.41) is 2.77. The third kappa shape index (κ3) is 2.76. The Bertz CT molecular complexity index is 941. The van der Waals surface area contributed by atoms with E-state index in [1.165, 1.54) is 18.2 Å². The molecular formula is C20H21ClFN3O3. The molecule has 5 rings (SSSR count). The minimum atomic E-state index is -0.521. The van der Waals surface area contributed by atoms with Crippen molar-refractivity contribution in [3.63, 3.8) is 0 Å². The van der Waals surface area contributed by atoms with Crippen LogP contribution in [-0.4, -0.2) is 34.5 Å². The number of rotatable bonds is 3. The number of imidazole rings is 1. The predicted molar refractivity (Wildman–Crippen MR) is 101 cm³/mol. The smallest absolute Gasteiger partial charge is 0.274 e. The number of benzene rings is 1. The van der Waals surface area contributed by atoms with Gasteiger partial charge in [-0.15, -0.1) is 0 Å². The zero-order chi connectivity index (χ0) is 19.5. The molecule has 6 nitrogen and oxygen atoms in total. The number of anilines is 1. The van der Waals surface area contributed by atoms with Crippen LogP contribution < -0.4 is 5.32 Å². The molecule has 2 saturated carbocycles. The van der Waals surface area contributed by atoms with Crippen LogP contribution in [0, 0.1) is 17.7 Å². The number of amides is 1. The van der Waals surface area contributed by atoms with Gasteiger partial charge in [-0.1, -0.05) is 11.6 Å². The SMILES string of the molecule is Cn1cnc(C2CC3CC4(OCCO4)C3C2)c1C(=O)Nc1ccc(F)c(Cl)c1. The molecule has 3 atom stereocenters. The number of aromatic nitrogens is 2. The summed E-state index contributed by atoms with van der Waals surface area (Å²) in [4.78, 5) is 17.5. The van der Waals surface area contributed by atoms with Gasteiger partial charge in [-0.05, 0) is 37.0 Å². The van der Waals surface area contributed by atoms with Crippen molar-refractivity contribution in [3.8, 4) is 0 Å². The number of carbonyl (C=O) groups is 1. The summed E-state index contributed by atoms with van der Waals surface area (Å²) in [7, 11) is 1.80. The molecule has 3 aliphatic rings. The Kier molecular flexibility index (Phi) is 4.23. The average Bonchev–Trinajstić information content (AvgIpc) is 3.35. The van der Waals surface area contributed by atoms with Gasteiger partial charge in [0.2, 0.25) is 0 Å². The predicted octanol–water partition coefficient (Wildman–Crippen LogP) is 3.72. The molecule has 2 aliphatic carbocycles. The van der Waals surface area contributed by atoms with Crippen LogP contribution in [0.2, 0.25) is 5.02 Å². The van der Waals surface area contributed by atoms with Crippen LogP contribution in [0.25, 0.3) is 0 Å². The maximum absolute atomic E-state index is 13.4. The van der Waals surface area contributed by atoms with Crippen molar-refractivity contribution in [1.29, 1.82) is 0 Å². The first-order chi connectivity index (χ1) is 13.5. The second-order valence-corrected chi connectivity index (χ2v) is 8.33. The zero-order valence-electron chi connectivity index (χ0n) is 15.5. The molecule has 1 amide bonds. The Hall–Kier alpha value is -1.96. The summed E-state index contributed by atoms with van der Waals surface area (Å²) in [6, 6.07) is 4.13. The van der Waals surface area contributed by atoms with Crippen LogP contribution >= 0.6 is 11.6 Å². The van der Waals surface area contributed by atoms with Crippen molar-refractivity contribution in [2.75, 3.05) is 18.5 Å². The fourth-order valence-electron chi connectivity index (χ4n) is 5.06. The van der Waals surface area contributed by atoms with E-state index in [-0.39, 0.29) is 16.8 Å². The Balaban J connectivity index is 1.36. The highest BCUT2D eigenvalue weighted by Gasteiger charge is 2.62. The van der Waals surface area contributed by atoms with E-state index >= 15 is 0 Å². The lowest BCUT2D eigenvalue weighted by molar-refractivity contribution is -0.267. The van der Waals surface area contributed by atoms with Crippen LogP contribution in [0.5, 0.6) is 0 Å². The number of hydrogen-bond donors (Lipinski definition) is 1. The molecule has 2 aromatic rings. The second kappa shape index (κ2) is 6.54. The van der Waals surface area contributed by atoms with Gasteiger partial charge >= 0.3 is 0 Å². The summed E-state index contributed by atoms with van der Waals surface area (Å²) < 4.78 is 26.9. The molecule has 3 unspecified atom stereocenters. The fourth-order valence-corrected chi connectivity index (χ4v) is 5.24. The monoisotopic (exact) mass is 405 g/mol. The van der Waals surface area contributed by atoms with Crippen molar-refractivity contribution in [1.82, 2.24) is 9.55 Å². The first-order valence-corrected chi connectivity index (χ1v) is 9.90. The van der Waals surface area contributed by atoms with Crippen LogP contribution in [0.3, 0.4) is 0 Å². The van der Waals surface area contributed by atoms with Crippen LogP contribution in [0.4, 0.5) is 10.1 Å². The number of nitrogens with one attached hydrogen (secondary N) is 1. The van der Waals surface area contributed by atoms with E-state index in [1.54, 1.807) is 17.9 Å². The normalized spacial score (nSPS) is 27.6. The minimum absolute atomic E-state index is 0.0303. The van der Waals surface area contributed by atoms with Gasteiger partial charge in [0.25, 0.3) is 5.91 Å². The highest BCUT2D eigenvalue weighted by atomic mass is 35.5. The number of ether oxygens (including phenoxy) is 2. The van der Waals surface area contributed by atoms with Gasteiger partial charge < -0.3 is 19.4 Å². The molecule has 1 aromatic carbocycles. The largest absolute Gasteiger partial charge is 0.347 e. The standard InChI is InChI=1S/C20H21ClFN3O3/c1-25-10-23-17(11-6-12-9-20(14(12)7-11)27-4-5-28-20)18(25)19(26)24-13-2-3-16(22)15(21)8-13/h2-3,8,10-12,14H,4-7,9H2,1H3,(H,24,26). The molecule has 1 N–H and O–H groups in total. The molecule has 1 aliphatic heterocycles. The van der Waals surface area contributed by atoms with Gasteiger partial charge in [0.05, 0.1) is 30.3 Å². The van der Waals surface area contributed by atoms with Crippen molar-refractivity contribution < 1.29 is 18.7 Å². The van der Waals surface area contributed by atoms with E-state index in [4.69, 9.17) is 21.1 Å². The molecule has 28 heavy (non-hydrogen) atoms. The second-order valence-electron chi connectivity index (χ2n) is 7.92. The molecular weight excluding hydrogens is 385 g/mol. The lowest BCUT2D eigenvalue weighted by atomic mass is 9.70. The van der Waals surface area contributed by atoms with Gasteiger partial charge in [-0.2, -0.15) is 0 Å². The van der Waals surface area contributed by atoms with Crippen LogP contribution in [-0.2, 0) is 16.5 Å². The third-order valence-corrected chi connectivity index (χ3v) is 6.62. The molecule has 8 heteroatoms. The maximum Gasteiger partial charge on any atom is 0.274 e. The summed E-state index contributed by atoms with van der Waals surface area (Å²) >= 11 is 5.82. The molecule has 0 bridgehead atoms. The number of hydrogen-bond acceptors (Lipinski definition) is 4. The van der Waals surface area contributed by atoms with Crippen LogP contribution in [0.1, 0.15) is 41.4 Å². The summed E-state index contributed by atoms with van der Waals surface area (Å²) in [6.07, 6.45) is 4.49. The Morgan fingerprint density at radius 1 is 1.36 bits per heavy atom. The van der Waals surface area contributed by atoms with E-state index in [0.717, 1.165) is 25.0 Å². The van der Waals surface area contributed by atoms with Gasteiger partial charge in [0.1, 0.15) is 11.5 Å². The van der Waals surface area contributed by atoms with E-state index in [9.17, 15) is 9.18 Å². The quantitative estimate of drug-likeness (QED) is 0.845. The summed E-state index contributed by atoms with van der Waals surface area (Å²) in [5.41, 5.74) is 1.77. The van der Waals surface area contributed by atoms with E-state index in [0.29, 0.717) is 36.4 Å². The average molecular weight is 406 g/mol. The summed E-state index contributed by atoms with van der Waals surface area (Å²) in [5.74, 6) is -0.0825. The minimum Gasteiger partial charge on any atom is -0.347 e. The Labute approximate surface area is 167 Å². The number of halogens is 2. The van der Waals surface area contributed by atoms with Gasteiger partial charge in [0.15, 0.2) is 5.79 Å². The number of aryl methyl sites for hydroxylation is 1. The van der Waals surface area contributed by atoms with Crippen molar-refractivity contribution in [3.05, 3.63) is 46.8 Å². The van der Waals surface area contributed by atoms with E-state index < -0.39 is 11.6 Å². The zero-order valence-corrected chi connectivity index (χ0v) is 16.2. The first kappa shape index (κ1) is 18.1. The molecule has 148 valence electrons. The molecule has 3 fully saturated rings. The molecule has 2 heterocycles. The number of carbonyl (C=O) groups excluding carboxylic acids is 1. The first-order valence-electron chi connectivity index (χ1n) is 9.52. The Morgan fingerprint density at radius 2 is 2.14 bits per heavy atom. The third-order valence-electron chi connectivity index (χ3n) is 6.33. The topological polar surface area (TPSA) is 65.4 Å². The molecule has 1 aromatic heterocycles. The molecule has 1 spiro atoms. The number of nitrogens with zero attached hydrogens (tertiary/aromatic N) is 2. The highest BCUT2D eigenvalue weighted by molar-refractivity contribution is 6.31. The highest BCUT2D eigenvalue weighted by Crippen LogP contribution is 2.61. The molecule has 1 saturated heterocycles. The Morgan fingerprint density at radius 3 is 2.89 bits per heavy atom.